The van der Waals surface area contributed by atoms with Gasteiger partial charge in [-0.1, -0.05) is 45.0 Å². The highest BCUT2D eigenvalue weighted by Crippen LogP contribution is 2.48. The van der Waals surface area contributed by atoms with Crippen molar-refractivity contribution in [1.29, 1.82) is 0 Å². The zero-order valence-corrected chi connectivity index (χ0v) is 20.7. The van der Waals surface area contributed by atoms with Crippen molar-refractivity contribution in [2.45, 2.75) is 42.6 Å². The summed E-state index contributed by atoms with van der Waals surface area (Å²) in [4.78, 5) is -0.0417. The average molecular weight is 478 g/mol. The standard InChI is InChI=1S/C9H11NO2.C7H5F3S.C7H18S/c11-5-7-6-12-9-4-2-1-3-8(9)10-7;8-7(9,10)5-3-1-2-4-6(5)11;1-7(2,3)8(4,5)6/h1-4,7,10-11H,5-6H2;1-4,11H;1-6H3. The molecule has 0 fully saturated rings. The van der Waals surface area contributed by atoms with E-state index < -0.39 is 11.7 Å². The number of rotatable bonds is 1. The number of fused-ring (bicyclic) bond motifs is 1. The number of hydrogen-bond donors (Lipinski definition) is 3. The molecule has 176 valence electrons. The Labute approximate surface area is 191 Å². The van der Waals surface area contributed by atoms with Crippen LogP contribution >= 0.6 is 22.7 Å². The van der Waals surface area contributed by atoms with Crippen LogP contribution in [0.1, 0.15) is 26.3 Å². The van der Waals surface area contributed by atoms with Crippen LogP contribution in [0.15, 0.2) is 53.4 Å². The molecule has 0 amide bonds. The molecule has 0 saturated carbocycles. The summed E-state index contributed by atoms with van der Waals surface area (Å²) in [6.07, 6.45) is 2.77. The first-order valence-corrected chi connectivity index (χ1v) is 13.1. The summed E-state index contributed by atoms with van der Waals surface area (Å²) >= 11 is 3.67. The quantitative estimate of drug-likeness (QED) is 0.421. The maximum Gasteiger partial charge on any atom is 0.417 e. The van der Waals surface area contributed by atoms with E-state index in [0.717, 1.165) is 17.5 Å². The van der Waals surface area contributed by atoms with Gasteiger partial charge in [-0.15, -0.1) is 12.6 Å². The first-order chi connectivity index (χ1) is 14.2. The van der Waals surface area contributed by atoms with Gasteiger partial charge in [0.15, 0.2) is 0 Å². The molecule has 1 heterocycles. The largest absolute Gasteiger partial charge is 0.489 e. The van der Waals surface area contributed by atoms with Gasteiger partial charge in [-0.3, -0.25) is 0 Å². The Morgan fingerprint density at radius 1 is 1.03 bits per heavy atom. The van der Waals surface area contributed by atoms with Crippen molar-refractivity contribution >= 4 is 28.3 Å². The lowest BCUT2D eigenvalue weighted by atomic mass is 10.2. The number of aliphatic hydroxyl groups is 1. The SMILES string of the molecule is CC(C)(C)S(C)(C)C.FC(F)(F)c1ccccc1S.OCC1COc2ccccc2N1. The molecule has 8 heteroatoms. The Morgan fingerprint density at radius 2 is 1.55 bits per heavy atom. The van der Waals surface area contributed by atoms with Crippen LogP contribution in [0.2, 0.25) is 0 Å². The molecule has 0 bridgehead atoms. The fourth-order valence-corrected chi connectivity index (χ4v) is 2.26. The van der Waals surface area contributed by atoms with Crippen molar-refractivity contribution in [3.63, 3.8) is 0 Å². The number of anilines is 1. The Balaban J connectivity index is 0.000000238. The van der Waals surface area contributed by atoms with Gasteiger partial charge in [-0.2, -0.15) is 13.2 Å². The average Bonchev–Trinajstić information content (AvgIpc) is 2.66. The van der Waals surface area contributed by atoms with E-state index in [-0.39, 0.29) is 27.6 Å². The molecule has 0 radical (unpaired) electrons. The lowest BCUT2D eigenvalue weighted by molar-refractivity contribution is -0.139. The zero-order chi connectivity index (χ0) is 23.9. The van der Waals surface area contributed by atoms with Crippen LogP contribution in [0.3, 0.4) is 0 Å². The highest BCUT2D eigenvalue weighted by Gasteiger charge is 2.32. The second-order valence-electron chi connectivity index (χ2n) is 8.80. The molecule has 1 aliphatic rings. The summed E-state index contributed by atoms with van der Waals surface area (Å²) in [5.41, 5.74) is 0.270. The minimum atomic E-state index is -4.29. The van der Waals surface area contributed by atoms with Crippen LogP contribution in [-0.2, 0) is 6.18 Å². The van der Waals surface area contributed by atoms with E-state index in [1.807, 2.05) is 24.3 Å². The Hall–Kier alpha value is -1.51. The number of thiol groups is 1. The summed E-state index contributed by atoms with van der Waals surface area (Å²) in [5, 5.41) is 12.0. The first kappa shape index (κ1) is 27.5. The van der Waals surface area contributed by atoms with Gasteiger partial charge in [-0.25, -0.2) is 10.0 Å². The third-order valence-electron chi connectivity index (χ3n) is 4.95. The summed E-state index contributed by atoms with van der Waals surface area (Å²) in [7, 11) is -0.340. The molecule has 31 heavy (non-hydrogen) atoms. The summed E-state index contributed by atoms with van der Waals surface area (Å²) in [6, 6.07) is 12.9. The fraction of sp³-hybridized carbons (Fsp3) is 0.478. The van der Waals surface area contributed by atoms with Crippen LogP contribution in [0.4, 0.5) is 18.9 Å². The van der Waals surface area contributed by atoms with Crippen molar-refractivity contribution in [2.75, 3.05) is 37.3 Å². The van der Waals surface area contributed by atoms with Crippen LogP contribution < -0.4 is 10.1 Å². The van der Waals surface area contributed by atoms with Gasteiger partial charge in [-0.05, 0) is 47.8 Å². The number of ether oxygens (including phenoxy) is 1. The van der Waals surface area contributed by atoms with E-state index in [9.17, 15) is 13.2 Å². The van der Waals surface area contributed by atoms with Gasteiger partial charge in [0.25, 0.3) is 0 Å². The number of halogens is 3. The predicted octanol–water partition coefficient (Wildman–Crippen LogP) is 6.32. The molecule has 3 rings (SSSR count). The van der Waals surface area contributed by atoms with Crippen molar-refractivity contribution < 1.29 is 23.0 Å². The van der Waals surface area contributed by atoms with E-state index in [1.165, 1.54) is 18.2 Å². The normalized spacial score (nSPS) is 16.3. The number of benzene rings is 2. The van der Waals surface area contributed by atoms with Gasteiger partial charge in [0.05, 0.1) is 23.9 Å². The topological polar surface area (TPSA) is 41.5 Å². The first-order valence-electron chi connectivity index (χ1n) is 9.79. The minimum Gasteiger partial charge on any atom is -0.489 e. The molecule has 1 unspecified atom stereocenters. The monoisotopic (exact) mass is 477 g/mol. The second-order valence-corrected chi connectivity index (χ2v) is 14.2. The zero-order valence-electron chi connectivity index (χ0n) is 19.0. The Kier molecular flexibility index (Phi) is 10.1. The van der Waals surface area contributed by atoms with Gasteiger partial charge in [0, 0.05) is 4.90 Å². The number of alkyl halides is 3. The van der Waals surface area contributed by atoms with Crippen molar-refractivity contribution in [1.82, 2.24) is 0 Å². The number of para-hydroxylation sites is 2. The Morgan fingerprint density at radius 3 is 2.00 bits per heavy atom. The molecular formula is C23H34F3NO2S2. The van der Waals surface area contributed by atoms with Gasteiger partial charge >= 0.3 is 6.18 Å². The number of nitrogens with one attached hydrogen (secondary N) is 1. The summed E-state index contributed by atoms with van der Waals surface area (Å²) in [5.74, 6) is 0.863. The van der Waals surface area contributed by atoms with Crippen LogP contribution in [0.25, 0.3) is 0 Å². The molecule has 2 aromatic carbocycles. The smallest absolute Gasteiger partial charge is 0.417 e. The predicted molar refractivity (Wildman–Crippen MR) is 130 cm³/mol. The Bertz CT molecular complexity index is 803. The molecule has 2 N–H and O–H groups in total. The molecule has 0 aromatic heterocycles. The molecule has 3 nitrogen and oxygen atoms in total. The fourth-order valence-electron chi connectivity index (χ4n) is 1.98. The van der Waals surface area contributed by atoms with E-state index in [0.29, 0.717) is 11.4 Å². The highest BCUT2D eigenvalue weighted by molar-refractivity contribution is 8.33. The van der Waals surface area contributed by atoms with Crippen molar-refractivity contribution in [2.24, 2.45) is 0 Å². The third kappa shape index (κ3) is 9.25. The molecule has 0 saturated heterocycles. The maximum absolute atomic E-state index is 12.0. The van der Waals surface area contributed by atoms with Crippen LogP contribution in [-0.4, -0.2) is 47.9 Å². The van der Waals surface area contributed by atoms with Gasteiger partial charge in [0.1, 0.15) is 12.4 Å². The molecule has 2 aromatic rings. The van der Waals surface area contributed by atoms with Gasteiger partial charge in [0.2, 0.25) is 0 Å². The van der Waals surface area contributed by atoms with E-state index in [1.54, 1.807) is 0 Å². The van der Waals surface area contributed by atoms with Crippen LogP contribution in [0, 0.1) is 0 Å². The minimum absolute atomic E-state index is 0.0277. The van der Waals surface area contributed by atoms with Crippen molar-refractivity contribution in [3.8, 4) is 5.75 Å². The maximum atomic E-state index is 12.0. The lowest BCUT2D eigenvalue weighted by Crippen LogP contribution is -2.34. The lowest BCUT2D eigenvalue weighted by Gasteiger charge is -2.40. The summed E-state index contributed by atoms with van der Waals surface area (Å²) < 4.78 is 41.9. The van der Waals surface area contributed by atoms with E-state index in [2.05, 4.69) is 57.5 Å². The van der Waals surface area contributed by atoms with Gasteiger partial charge < -0.3 is 15.2 Å². The third-order valence-corrected chi connectivity index (χ3v) is 9.02. The molecule has 1 atom stereocenters. The second kappa shape index (κ2) is 11.4. The van der Waals surface area contributed by atoms with Crippen LogP contribution in [0.5, 0.6) is 5.75 Å². The molecule has 1 aliphatic heterocycles. The van der Waals surface area contributed by atoms with E-state index in [4.69, 9.17) is 9.84 Å². The highest BCUT2D eigenvalue weighted by atomic mass is 32.3. The molecule has 0 spiro atoms. The van der Waals surface area contributed by atoms with E-state index >= 15 is 0 Å². The summed E-state index contributed by atoms with van der Waals surface area (Å²) in [6.45, 7) is 7.56. The molecular weight excluding hydrogens is 443 g/mol. The number of aliphatic hydroxyl groups excluding tert-OH is 1. The number of hydrogen-bond acceptors (Lipinski definition) is 4. The molecule has 0 aliphatic carbocycles. The van der Waals surface area contributed by atoms with Crippen molar-refractivity contribution in [3.05, 3.63) is 54.1 Å².